The SMILES string of the molecule is CSc1nc(-c2ccc(C)cc2)c(N)s1. The molecule has 0 aliphatic carbocycles. The Morgan fingerprint density at radius 3 is 2.47 bits per heavy atom. The van der Waals surface area contributed by atoms with Crippen molar-refractivity contribution < 1.29 is 0 Å². The molecule has 2 N–H and O–H groups in total. The molecule has 4 heteroatoms. The number of anilines is 1. The van der Waals surface area contributed by atoms with Crippen LogP contribution in [-0.2, 0) is 0 Å². The molecule has 2 nitrogen and oxygen atoms in total. The molecule has 15 heavy (non-hydrogen) atoms. The van der Waals surface area contributed by atoms with Gasteiger partial charge in [0, 0.05) is 5.56 Å². The third-order valence-electron chi connectivity index (χ3n) is 2.13. The lowest BCUT2D eigenvalue weighted by Gasteiger charge is -1.98. The number of hydrogen-bond acceptors (Lipinski definition) is 4. The molecule has 0 saturated heterocycles. The number of hydrogen-bond donors (Lipinski definition) is 1. The predicted octanol–water partition coefficient (Wildman–Crippen LogP) is 3.42. The maximum absolute atomic E-state index is 5.93. The van der Waals surface area contributed by atoms with Crippen LogP contribution in [0.2, 0.25) is 0 Å². The lowest BCUT2D eigenvalue weighted by atomic mass is 10.1. The lowest BCUT2D eigenvalue weighted by molar-refractivity contribution is 1.26. The molecular formula is C11H12N2S2. The molecule has 0 radical (unpaired) electrons. The van der Waals surface area contributed by atoms with Crippen molar-refractivity contribution in [2.75, 3.05) is 12.0 Å². The fraction of sp³-hybridized carbons (Fsp3) is 0.182. The highest BCUT2D eigenvalue weighted by Crippen LogP contribution is 2.34. The van der Waals surface area contributed by atoms with E-state index in [9.17, 15) is 0 Å². The van der Waals surface area contributed by atoms with Crippen molar-refractivity contribution in [3.63, 3.8) is 0 Å². The maximum Gasteiger partial charge on any atom is 0.152 e. The Hall–Kier alpha value is -1.00. The first-order valence-corrected chi connectivity index (χ1v) is 6.62. The fourth-order valence-electron chi connectivity index (χ4n) is 1.32. The van der Waals surface area contributed by atoms with E-state index in [0.717, 1.165) is 20.6 Å². The van der Waals surface area contributed by atoms with Crippen LogP contribution in [0.4, 0.5) is 5.00 Å². The molecule has 0 bridgehead atoms. The van der Waals surface area contributed by atoms with Gasteiger partial charge in [0.15, 0.2) is 4.34 Å². The lowest BCUT2D eigenvalue weighted by Crippen LogP contribution is -1.85. The normalized spacial score (nSPS) is 10.5. The van der Waals surface area contributed by atoms with E-state index in [2.05, 4.69) is 36.2 Å². The number of thiazole rings is 1. The molecule has 1 aromatic carbocycles. The number of benzene rings is 1. The average molecular weight is 236 g/mol. The van der Waals surface area contributed by atoms with E-state index in [1.165, 1.54) is 5.56 Å². The van der Waals surface area contributed by atoms with Gasteiger partial charge >= 0.3 is 0 Å². The summed E-state index contributed by atoms with van der Waals surface area (Å²) in [6.07, 6.45) is 2.01. The van der Waals surface area contributed by atoms with Crippen molar-refractivity contribution in [2.45, 2.75) is 11.3 Å². The molecule has 0 aliphatic rings. The molecule has 1 heterocycles. The average Bonchev–Trinajstić information content (AvgIpc) is 2.61. The van der Waals surface area contributed by atoms with Gasteiger partial charge in [-0.15, -0.1) is 0 Å². The van der Waals surface area contributed by atoms with Gasteiger partial charge in [-0.25, -0.2) is 4.98 Å². The summed E-state index contributed by atoms with van der Waals surface area (Å²) in [6.45, 7) is 2.07. The number of nitrogen functional groups attached to an aromatic ring is 1. The second kappa shape index (κ2) is 4.24. The highest BCUT2D eigenvalue weighted by molar-refractivity contribution is 8.00. The minimum Gasteiger partial charge on any atom is -0.389 e. The van der Waals surface area contributed by atoms with E-state index in [-0.39, 0.29) is 0 Å². The molecule has 2 rings (SSSR count). The van der Waals surface area contributed by atoms with Gasteiger partial charge < -0.3 is 5.73 Å². The van der Waals surface area contributed by atoms with Gasteiger partial charge in [-0.1, -0.05) is 52.9 Å². The predicted molar refractivity (Wildman–Crippen MR) is 68.5 cm³/mol. The van der Waals surface area contributed by atoms with Crippen molar-refractivity contribution in [1.82, 2.24) is 4.98 Å². The Labute approximate surface area is 97.5 Å². The van der Waals surface area contributed by atoms with Crippen LogP contribution in [0.3, 0.4) is 0 Å². The molecule has 78 valence electrons. The van der Waals surface area contributed by atoms with Crippen molar-refractivity contribution in [2.24, 2.45) is 0 Å². The fourth-order valence-corrected chi connectivity index (χ4v) is 2.69. The van der Waals surface area contributed by atoms with Crippen LogP contribution < -0.4 is 5.73 Å². The summed E-state index contributed by atoms with van der Waals surface area (Å²) in [5.74, 6) is 0. The quantitative estimate of drug-likeness (QED) is 0.812. The number of aromatic nitrogens is 1. The Morgan fingerprint density at radius 1 is 1.27 bits per heavy atom. The van der Waals surface area contributed by atoms with Gasteiger partial charge in [-0.05, 0) is 13.2 Å². The van der Waals surface area contributed by atoms with Crippen molar-refractivity contribution in [3.05, 3.63) is 29.8 Å². The summed E-state index contributed by atoms with van der Waals surface area (Å²) in [7, 11) is 0. The molecule has 1 aromatic heterocycles. The zero-order valence-electron chi connectivity index (χ0n) is 8.65. The van der Waals surface area contributed by atoms with Crippen molar-refractivity contribution >= 4 is 28.1 Å². The largest absolute Gasteiger partial charge is 0.389 e. The zero-order chi connectivity index (χ0) is 10.8. The van der Waals surface area contributed by atoms with E-state index in [4.69, 9.17) is 5.73 Å². The van der Waals surface area contributed by atoms with Crippen LogP contribution in [0.5, 0.6) is 0 Å². The van der Waals surface area contributed by atoms with Crippen LogP contribution >= 0.6 is 23.1 Å². The molecule has 0 atom stereocenters. The second-order valence-corrected chi connectivity index (χ2v) is 5.35. The third kappa shape index (κ3) is 2.16. The minimum atomic E-state index is 0.795. The first-order valence-electron chi connectivity index (χ1n) is 4.58. The molecule has 0 spiro atoms. The molecule has 0 saturated carbocycles. The number of nitrogens with two attached hydrogens (primary N) is 1. The molecule has 0 amide bonds. The van der Waals surface area contributed by atoms with E-state index >= 15 is 0 Å². The van der Waals surface area contributed by atoms with Gasteiger partial charge in [0.25, 0.3) is 0 Å². The molecule has 0 aliphatic heterocycles. The van der Waals surface area contributed by atoms with Gasteiger partial charge in [0.05, 0.1) is 0 Å². The number of thioether (sulfide) groups is 1. The number of aryl methyl sites for hydroxylation is 1. The minimum absolute atomic E-state index is 0.795. The van der Waals surface area contributed by atoms with E-state index < -0.39 is 0 Å². The Morgan fingerprint density at radius 2 is 1.93 bits per heavy atom. The number of nitrogens with zero attached hydrogens (tertiary/aromatic N) is 1. The summed E-state index contributed by atoms with van der Waals surface area (Å²) in [5.41, 5.74) is 9.18. The van der Waals surface area contributed by atoms with Gasteiger partial charge in [0.2, 0.25) is 0 Å². The van der Waals surface area contributed by atoms with E-state index in [0.29, 0.717) is 0 Å². The van der Waals surface area contributed by atoms with Crippen LogP contribution in [-0.4, -0.2) is 11.2 Å². The highest BCUT2D eigenvalue weighted by atomic mass is 32.2. The first kappa shape index (κ1) is 10.5. The summed E-state index contributed by atoms with van der Waals surface area (Å²) >= 11 is 3.17. The Balaban J connectivity index is 2.44. The standard InChI is InChI=1S/C11H12N2S2/c1-7-3-5-8(6-4-7)9-10(12)15-11(13-9)14-2/h3-6H,12H2,1-2H3. The summed E-state index contributed by atoms with van der Waals surface area (Å²) in [4.78, 5) is 4.48. The maximum atomic E-state index is 5.93. The summed E-state index contributed by atoms with van der Waals surface area (Å²) in [6, 6.07) is 8.27. The second-order valence-electron chi connectivity index (χ2n) is 3.26. The van der Waals surface area contributed by atoms with E-state index in [1.807, 2.05) is 6.26 Å². The topological polar surface area (TPSA) is 38.9 Å². The van der Waals surface area contributed by atoms with Crippen LogP contribution in [0.15, 0.2) is 28.6 Å². The summed E-state index contributed by atoms with van der Waals surface area (Å²) in [5, 5.41) is 0.795. The van der Waals surface area contributed by atoms with Crippen LogP contribution in [0.1, 0.15) is 5.56 Å². The molecule has 2 aromatic rings. The smallest absolute Gasteiger partial charge is 0.152 e. The zero-order valence-corrected chi connectivity index (χ0v) is 10.3. The third-order valence-corrected chi connectivity index (χ3v) is 4.00. The highest BCUT2D eigenvalue weighted by Gasteiger charge is 2.09. The van der Waals surface area contributed by atoms with E-state index in [1.54, 1.807) is 23.1 Å². The Bertz CT molecular complexity index is 460. The first-order chi connectivity index (χ1) is 7.20. The van der Waals surface area contributed by atoms with Gasteiger partial charge in [-0.3, -0.25) is 0 Å². The summed E-state index contributed by atoms with van der Waals surface area (Å²) < 4.78 is 1.02. The molecule has 0 fully saturated rings. The monoisotopic (exact) mass is 236 g/mol. The molecule has 0 unspecified atom stereocenters. The van der Waals surface area contributed by atoms with Gasteiger partial charge in [0.1, 0.15) is 10.7 Å². The van der Waals surface area contributed by atoms with Crippen LogP contribution in [0, 0.1) is 6.92 Å². The molecular weight excluding hydrogens is 224 g/mol. The number of rotatable bonds is 2. The Kier molecular flexibility index (Phi) is 2.98. The van der Waals surface area contributed by atoms with Gasteiger partial charge in [-0.2, -0.15) is 0 Å². The van der Waals surface area contributed by atoms with Crippen LogP contribution in [0.25, 0.3) is 11.3 Å². The van der Waals surface area contributed by atoms with Crippen molar-refractivity contribution in [1.29, 1.82) is 0 Å². The van der Waals surface area contributed by atoms with Crippen molar-refractivity contribution in [3.8, 4) is 11.3 Å².